The molecule has 1 N–H and O–H groups in total. The second-order valence-corrected chi connectivity index (χ2v) is 4.32. The maximum absolute atomic E-state index is 12.8. The molecule has 1 atom stereocenters. The van der Waals surface area contributed by atoms with Crippen molar-refractivity contribution in [1.29, 1.82) is 0 Å². The van der Waals surface area contributed by atoms with E-state index in [-0.39, 0.29) is 12.2 Å². The zero-order valence-electron chi connectivity index (χ0n) is 9.31. The van der Waals surface area contributed by atoms with Gasteiger partial charge in [0.1, 0.15) is 11.2 Å². The number of anilines is 1. The highest BCUT2D eigenvalue weighted by Gasteiger charge is 2.49. The van der Waals surface area contributed by atoms with E-state index in [9.17, 15) is 14.0 Å². The minimum Gasteiger partial charge on any atom is -0.480 e. The molecule has 0 aliphatic carbocycles. The van der Waals surface area contributed by atoms with E-state index in [0.717, 1.165) is 0 Å². The molecule has 1 amide bonds. The van der Waals surface area contributed by atoms with Crippen molar-refractivity contribution in [2.75, 3.05) is 11.4 Å². The fourth-order valence-corrected chi connectivity index (χ4v) is 1.91. The summed E-state index contributed by atoms with van der Waals surface area (Å²) in [6, 6.07) is 5.44. The molecule has 0 radical (unpaired) electrons. The SMILES string of the molecule is CC1(C(=O)O)CCN(c2ccc(F)cc2)C1=O. The molecule has 2 rings (SSSR count). The van der Waals surface area contributed by atoms with Crippen LogP contribution in [0.2, 0.25) is 0 Å². The molecule has 0 bridgehead atoms. The predicted octanol–water partition coefficient (Wildman–Crippen LogP) is 1.65. The summed E-state index contributed by atoms with van der Waals surface area (Å²) in [7, 11) is 0. The number of carbonyl (C=O) groups excluding carboxylic acids is 1. The van der Waals surface area contributed by atoms with Gasteiger partial charge in [0.05, 0.1) is 0 Å². The molecule has 1 fully saturated rings. The van der Waals surface area contributed by atoms with E-state index in [0.29, 0.717) is 12.2 Å². The minimum absolute atomic E-state index is 0.262. The average Bonchev–Trinajstić information content (AvgIpc) is 2.59. The molecular formula is C12H12FNO3. The monoisotopic (exact) mass is 237 g/mol. The third-order valence-corrected chi connectivity index (χ3v) is 3.16. The lowest BCUT2D eigenvalue weighted by atomic mass is 9.89. The number of amides is 1. The quantitative estimate of drug-likeness (QED) is 0.796. The summed E-state index contributed by atoms with van der Waals surface area (Å²) in [5, 5.41) is 9.04. The third kappa shape index (κ3) is 1.77. The van der Waals surface area contributed by atoms with Gasteiger partial charge >= 0.3 is 5.97 Å². The van der Waals surface area contributed by atoms with Gasteiger partial charge in [-0.3, -0.25) is 9.59 Å². The number of benzene rings is 1. The lowest BCUT2D eigenvalue weighted by molar-refractivity contribution is -0.151. The highest BCUT2D eigenvalue weighted by Crippen LogP contribution is 2.34. The number of hydrogen-bond donors (Lipinski definition) is 1. The zero-order chi connectivity index (χ0) is 12.6. The first-order valence-electron chi connectivity index (χ1n) is 5.26. The number of aliphatic carboxylic acids is 1. The minimum atomic E-state index is -1.37. The van der Waals surface area contributed by atoms with Gasteiger partial charge in [0.25, 0.3) is 0 Å². The van der Waals surface area contributed by atoms with Gasteiger partial charge < -0.3 is 10.0 Å². The standard InChI is InChI=1S/C12H12FNO3/c1-12(11(16)17)6-7-14(10(12)15)9-4-2-8(13)3-5-9/h2-5H,6-7H2,1H3,(H,16,17). The Hall–Kier alpha value is -1.91. The molecule has 1 aromatic rings. The van der Waals surface area contributed by atoms with Gasteiger partial charge in [-0.05, 0) is 37.6 Å². The molecule has 17 heavy (non-hydrogen) atoms. The topological polar surface area (TPSA) is 57.6 Å². The third-order valence-electron chi connectivity index (χ3n) is 3.16. The van der Waals surface area contributed by atoms with Gasteiger partial charge in [-0.15, -0.1) is 0 Å². The Bertz CT molecular complexity index is 471. The van der Waals surface area contributed by atoms with Crippen molar-refractivity contribution in [2.24, 2.45) is 5.41 Å². The van der Waals surface area contributed by atoms with E-state index in [2.05, 4.69) is 0 Å². The molecule has 0 spiro atoms. The van der Waals surface area contributed by atoms with Crippen LogP contribution in [0.15, 0.2) is 24.3 Å². The number of carbonyl (C=O) groups is 2. The smallest absolute Gasteiger partial charge is 0.319 e. The first-order valence-corrected chi connectivity index (χ1v) is 5.26. The van der Waals surface area contributed by atoms with Gasteiger partial charge in [-0.1, -0.05) is 0 Å². The Morgan fingerprint density at radius 2 is 2.00 bits per heavy atom. The van der Waals surface area contributed by atoms with E-state index in [1.54, 1.807) is 0 Å². The van der Waals surface area contributed by atoms with Crippen LogP contribution in [0, 0.1) is 11.2 Å². The summed E-state index contributed by atoms with van der Waals surface area (Å²) in [6.07, 6.45) is 0.262. The van der Waals surface area contributed by atoms with Crippen molar-refractivity contribution in [3.63, 3.8) is 0 Å². The summed E-state index contributed by atoms with van der Waals surface area (Å²) in [5.41, 5.74) is -0.838. The van der Waals surface area contributed by atoms with Crippen LogP contribution in [-0.4, -0.2) is 23.5 Å². The van der Waals surface area contributed by atoms with Gasteiger partial charge in [0, 0.05) is 12.2 Å². The highest BCUT2D eigenvalue weighted by molar-refractivity contribution is 6.11. The second kappa shape index (κ2) is 3.84. The molecule has 1 heterocycles. The van der Waals surface area contributed by atoms with E-state index in [1.807, 2.05) is 0 Å². The molecule has 1 aliphatic heterocycles. The molecule has 1 aliphatic rings. The van der Waals surface area contributed by atoms with Gasteiger partial charge in [-0.25, -0.2) is 4.39 Å². The Balaban J connectivity index is 2.29. The molecule has 90 valence electrons. The lowest BCUT2D eigenvalue weighted by Gasteiger charge is -2.19. The normalized spacial score (nSPS) is 24.1. The van der Waals surface area contributed by atoms with E-state index in [4.69, 9.17) is 5.11 Å². The number of hydrogen-bond acceptors (Lipinski definition) is 2. The fraction of sp³-hybridized carbons (Fsp3) is 0.333. The molecule has 1 unspecified atom stereocenters. The number of nitrogens with zero attached hydrogens (tertiary/aromatic N) is 1. The first-order chi connectivity index (χ1) is 7.95. The van der Waals surface area contributed by atoms with Gasteiger partial charge in [-0.2, -0.15) is 0 Å². The molecule has 5 heteroatoms. The van der Waals surface area contributed by atoms with Crippen molar-refractivity contribution in [1.82, 2.24) is 0 Å². The van der Waals surface area contributed by atoms with Crippen molar-refractivity contribution in [3.05, 3.63) is 30.1 Å². The number of carboxylic acids is 1. The maximum atomic E-state index is 12.8. The van der Waals surface area contributed by atoms with Gasteiger partial charge in [0.15, 0.2) is 0 Å². The number of carboxylic acid groups (broad SMARTS) is 1. The van der Waals surface area contributed by atoms with E-state index < -0.39 is 17.3 Å². The first kappa shape index (κ1) is 11.6. The van der Waals surface area contributed by atoms with Crippen LogP contribution < -0.4 is 4.90 Å². The number of halogens is 1. The summed E-state index contributed by atoms with van der Waals surface area (Å²) in [6.45, 7) is 1.76. The fourth-order valence-electron chi connectivity index (χ4n) is 1.91. The Kier molecular flexibility index (Phi) is 2.61. The maximum Gasteiger partial charge on any atom is 0.319 e. The Morgan fingerprint density at radius 1 is 1.41 bits per heavy atom. The van der Waals surface area contributed by atoms with Crippen LogP contribution in [0.25, 0.3) is 0 Å². The van der Waals surface area contributed by atoms with Crippen molar-refractivity contribution >= 4 is 17.6 Å². The summed E-state index contributed by atoms with van der Waals surface area (Å²) in [4.78, 5) is 24.4. The second-order valence-electron chi connectivity index (χ2n) is 4.32. The number of rotatable bonds is 2. The van der Waals surface area contributed by atoms with Crippen LogP contribution in [0.4, 0.5) is 10.1 Å². The Labute approximate surface area is 97.7 Å². The largest absolute Gasteiger partial charge is 0.480 e. The molecule has 0 saturated carbocycles. The van der Waals surface area contributed by atoms with E-state index in [1.165, 1.54) is 36.1 Å². The average molecular weight is 237 g/mol. The molecule has 1 saturated heterocycles. The molecule has 1 aromatic carbocycles. The molecular weight excluding hydrogens is 225 g/mol. The van der Waals surface area contributed by atoms with E-state index >= 15 is 0 Å². The van der Waals surface area contributed by atoms with Crippen LogP contribution >= 0.6 is 0 Å². The highest BCUT2D eigenvalue weighted by atomic mass is 19.1. The van der Waals surface area contributed by atoms with Gasteiger partial charge in [0.2, 0.25) is 5.91 Å². The predicted molar refractivity (Wildman–Crippen MR) is 59.1 cm³/mol. The van der Waals surface area contributed by atoms with Crippen LogP contribution in [-0.2, 0) is 9.59 Å². The van der Waals surface area contributed by atoms with Crippen LogP contribution in [0.5, 0.6) is 0 Å². The van der Waals surface area contributed by atoms with Crippen molar-refractivity contribution in [2.45, 2.75) is 13.3 Å². The summed E-state index contributed by atoms with van der Waals surface area (Å²) < 4.78 is 12.8. The molecule has 4 nitrogen and oxygen atoms in total. The zero-order valence-corrected chi connectivity index (χ0v) is 9.31. The van der Waals surface area contributed by atoms with Crippen molar-refractivity contribution < 1.29 is 19.1 Å². The summed E-state index contributed by atoms with van der Waals surface area (Å²) >= 11 is 0. The van der Waals surface area contributed by atoms with Crippen molar-refractivity contribution in [3.8, 4) is 0 Å². The Morgan fingerprint density at radius 3 is 2.47 bits per heavy atom. The lowest BCUT2D eigenvalue weighted by Crippen LogP contribution is -2.38. The molecule has 0 aromatic heterocycles. The van der Waals surface area contributed by atoms with Crippen LogP contribution in [0.3, 0.4) is 0 Å². The summed E-state index contributed by atoms with van der Waals surface area (Å²) in [5.74, 6) is -1.95. The van der Waals surface area contributed by atoms with Crippen LogP contribution in [0.1, 0.15) is 13.3 Å².